The Morgan fingerprint density at radius 2 is 1.69 bits per heavy atom. The van der Waals surface area contributed by atoms with Crippen molar-refractivity contribution in [1.82, 2.24) is 9.97 Å². The number of anilines is 4. The van der Waals surface area contributed by atoms with Crippen LogP contribution in [0.25, 0.3) is 10.8 Å². The molecule has 1 aromatic heterocycles. The molecule has 9 heteroatoms. The molecule has 0 aliphatic carbocycles. The molecule has 2 heterocycles. The highest BCUT2D eigenvalue weighted by Crippen LogP contribution is 2.40. The van der Waals surface area contributed by atoms with Gasteiger partial charge in [0, 0.05) is 48.8 Å². The van der Waals surface area contributed by atoms with Gasteiger partial charge in [0.1, 0.15) is 6.33 Å². The highest BCUT2D eigenvalue weighted by Gasteiger charge is 2.32. The van der Waals surface area contributed by atoms with E-state index in [1.165, 1.54) is 6.33 Å². The second kappa shape index (κ2) is 9.76. The molecule has 0 radical (unpaired) electrons. The van der Waals surface area contributed by atoms with Crippen molar-refractivity contribution in [2.45, 2.75) is 6.92 Å². The van der Waals surface area contributed by atoms with Gasteiger partial charge in [0.05, 0.1) is 10.6 Å². The second-order valence-corrected chi connectivity index (χ2v) is 8.76. The minimum atomic E-state index is -0.359. The molecule has 1 aliphatic heterocycles. The molecular weight excluding hydrogens is 464 g/mol. The number of piperazine rings is 1. The van der Waals surface area contributed by atoms with Gasteiger partial charge in [-0.25, -0.2) is 9.97 Å². The molecule has 1 aliphatic rings. The van der Waals surface area contributed by atoms with Crippen LogP contribution in [0.15, 0.2) is 73.1 Å². The number of benzene rings is 3. The third-order valence-corrected chi connectivity index (χ3v) is 6.58. The van der Waals surface area contributed by atoms with Gasteiger partial charge < -0.3 is 14.7 Å². The van der Waals surface area contributed by atoms with E-state index in [2.05, 4.69) is 14.9 Å². The molecule has 35 heavy (non-hydrogen) atoms. The minimum Gasteiger partial charge on any atom is -0.368 e. The topological polar surface area (TPSA) is 78.6 Å². The first-order valence-corrected chi connectivity index (χ1v) is 11.9. The van der Waals surface area contributed by atoms with Gasteiger partial charge in [-0.2, -0.15) is 0 Å². The molecule has 0 unspecified atom stereocenters. The molecule has 0 saturated carbocycles. The van der Waals surface area contributed by atoms with Crippen LogP contribution in [-0.4, -0.2) is 47.6 Å². The molecule has 1 saturated heterocycles. The highest BCUT2D eigenvalue weighted by atomic mass is 35.5. The Labute approximate surface area is 208 Å². The zero-order valence-electron chi connectivity index (χ0n) is 19.3. The normalized spacial score (nSPS) is 13.8. The Bertz CT molecular complexity index is 1370. The zero-order valence-corrected chi connectivity index (χ0v) is 20.1. The summed E-state index contributed by atoms with van der Waals surface area (Å²) in [7, 11) is 0. The Balaban J connectivity index is 1.49. The lowest BCUT2D eigenvalue weighted by Gasteiger charge is -2.36. The highest BCUT2D eigenvalue weighted by molar-refractivity contribution is 6.30. The van der Waals surface area contributed by atoms with E-state index in [4.69, 9.17) is 11.6 Å². The van der Waals surface area contributed by atoms with E-state index in [0.717, 1.165) is 22.1 Å². The fourth-order valence-corrected chi connectivity index (χ4v) is 4.86. The molecule has 0 atom stereocenters. The smallest absolute Gasteiger partial charge is 0.353 e. The second-order valence-electron chi connectivity index (χ2n) is 8.32. The lowest BCUT2D eigenvalue weighted by molar-refractivity contribution is -0.383. The molecule has 3 aromatic carbocycles. The molecule has 8 nitrogen and oxygen atoms in total. The van der Waals surface area contributed by atoms with E-state index in [1.54, 1.807) is 0 Å². The summed E-state index contributed by atoms with van der Waals surface area (Å²) < 4.78 is 0. The van der Waals surface area contributed by atoms with Crippen molar-refractivity contribution in [3.63, 3.8) is 0 Å². The molecule has 178 valence electrons. The number of aromatic nitrogens is 2. The zero-order chi connectivity index (χ0) is 24.4. The van der Waals surface area contributed by atoms with Crippen molar-refractivity contribution in [2.75, 3.05) is 47.4 Å². The fourth-order valence-electron chi connectivity index (χ4n) is 4.68. The number of nitrogens with zero attached hydrogens (tertiary/aromatic N) is 6. The van der Waals surface area contributed by atoms with Gasteiger partial charge in [0.25, 0.3) is 0 Å². The summed E-state index contributed by atoms with van der Waals surface area (Å²) in [5.41, 5.74) is 1.85. The van der Waals surface area contributed by atoms with E-state index in [9.17, 15) is 10.1 Å². The lowest BCUT2D eigenvalue weighted by Crippen LogP contribution is -2.47. The van der Waals surface area contributed by atoms with Crippen LogP contribution in [0.5, 0.6) is 0 Å². The average Bonchev–Trinajstić information content (AvgIpc) is 2.89. The van der Waals surface area contributed by atoms with Crippen molar-refractivity contribution in [2.24, 2.45) is 0 Å². The number of halogens is 1. The van der Waals surface area contributed by atoms with Crippen LogP contribution >= 0.6 is 11.6 Å². The summed E-state index contributed by atoms with van der Waals surface area (Å²) in [6, 6.07) is 21.7. The van der Waals surface area contributed by atoms with Crippen molar-refractivity contribution in [3.8, 4) is 0 Å². The summed E-state index contributed by atoms with van der Waals surface area (Å²) in [5, 5.41) is 15.1. The number of nitro groups is 1. The fraction of sp³-hybridized carbons (Fsp3) is 0.231. The largest absolute Gasteiger partial charge is 0.368 e. The minimum absolute atomic E-state index is 0.0708. The maximum absolute atomic E-state index is 12.4. The number of hydrogen-bond acceptors (Lipinski definition) is 7. The summed E-state index contributed by atoms with van der Waals surface area (Å²) in [4.78, 5) is 26.9. The van der Waals surface area contributed by atoms with Gasteiger partial charge in [-0.05, 0) is 36.6 Å². The standard InChI is InChI=1S/C26H25ClN6O2/c1-2-32(23-12-5-8-19-7-3-4-11-22(19)23)26-24(33(34)35)25(28-18-29-26)31-15-13-30(14-16-31)21-10-6-9-20(27)17-21/h3-12,17-18H,2,13-16H2,1H3. The van der Waals surface area contributed by atoms with Gasteiger partial charge in [-0.1, -0.05) is 54.1 Å². The summed E-state index contributed by atoms with van der Waals surface area (Å²) in [6.07, 6.45) is 1.43. The Kier molecular flexibility index (Phi) is 6.37. The van der Waals surface area contributed by atoms with E-state index >= 15 is 0 Å². The van der Waals surface area contributed by atoms with E-state index in [-0.39, 0.29) is 10.6 Å². The monoisotopic (exact) mass is 488 g/mol. The van der Waals surface area contributed by atoms with Crippen LogP contribution in [0.4, 0.5) is 28.7 Å². The molecule has 5 rings (SSSR count). The van der Waals surface area contributed by atoms with Crippen molar-refractivity contribution < 1.29 is 4.92 Å². The van der Waals surface area contributed by atoms with Gasteiger partial charge >= 0.3 is 5.69 Å². The predicted octanol–water partition coefficient (Wildman–Crippen LogP) is 5.68. The number of hydrogen-bond donors (Lipinski definition) is 0. The van der Waals surface area contributed by atoms with Crippen LogP contribution in [0.2, 0.25) is 5.02 Å². The van der Waals surface area contributed by atoms with Gasteiger partial charge in [-0.3, -0.25) is 10.1 Å². The lowest BCUT2D eigenvalue weighted by atomic mass is 10.1. The Morgan fingerprint density at radius 3 is 2.43 bits per heavy atom. The molecule has 0 amide bonds. The first kappa shape index (κ1) is 22.9. The first-order valence-electron chi connectivity index (χ1n) is 11.6. The Hall–Kier alpha value is -3.91. The number of rotatable bonds is 6. The van der Waals surface area contributed by atoms with Crippen molar-refractivity contribution in [1.29, 1.82) is 0 Å². The van der Waals surface area contributed by atoms with Crippen LogP contribution in [0, 0.1) is 10.1 Å². The van der Waals surface area contributed by atoms with E-state index in [1.807, 2.05) is 83.5 Å². The molecular formula is C26H25ClN6O2. The quantitative estimate of drug-likeness (QED) is 0.255. The predicted molar refractivity (Wildman–Crippen MR) is 141 cm³/mol. The van der Waals surface area contributed by atoms with Crippen LogP contribution in [-0.2, 0) is 0 Å². The first-order chi connectivity index (χ1) is 17.1. The SMILES string of the molecule is CCN(c1ncnc(N2CCN(c3cccc(Cl)c3)CC2)c1[N+](=O)[O-])c1cccc2ccccc12. The van der Waals surface area contributed by atoms with Crippen LogP contribution < -0.4 is 14.7 Å². The van der Waals surface area contributed by atoms with Crippen molar-refractivity contribution >= 4 is 51.1 Å². The average molecular weight is 489 g/mol. The summed E-state index contributed by atoms with van der Waals surface area (Å²) in [5.74, 6) is 0.653. The molecule has 0 N–H and O–H groups in total. The third-order valence-electron chi connectivity index (χ3n) is 6.35. The number of fused-ring (bicyclic) bond motifs is 1. The van der Waals surface area contributed by atoms with Gasteiger partial charge in [0.2, 0.25) is 11.6 Å². The van der Waals surface area contributed by atoms with Crippen molar-refractivity contribution in [3.05, 3.63) is 88.2 Å². The van der Waals surface area contributed by atoms with Crippen LogP contribution in [0.3, 0.4) is 0 Å². The van der Waals surface area contributed by atoms with E-state index in [0.29, 0.717) is 49.4 Å². The summed E-state index contributed by atoms with van der Waals surface area (Å²) >= 11 is 6.16. The third kappa shape index (κ3) is 4.44. The van der Waals surface area contributed by atoms with Gasteiger partial charge in [0.15, 0.2) is 0 Å². The maximum atomic E-state index is 12.4. The van der Waals surface area contributed by atoms with E-state index < -0.39 is 0 Å². The molecule has 1 fully saturated rings. The molecule has 0 spiro atoms. The van der Waals surface area contributed by atoms with Gasteiger partial charge in [-0.15, -0.1) is 0 Å². The molecule has 4 aromatic rings. The summed E-state index contributed by atoms with van der Waals surface area (Å²) in [6.45, 7) is 5.11. The Morgan fingerprint density at radius 1 is 0.971 bits per heavy atom. The maximum Gasteiger partial charge on any atom is 0.353 e. The van der Waals surface area contributed by atoms with Crippen LogP contribution in [0.1, 0.15) is 6.92 Å². The molecule has 0 bridgehead atoms.